The Balaban J connectivity index is 0.00000144. The molecule has 126 valence electrons. The molecule has 0 spiro atoms. The summed E-state index contributed by atoms with van der Waals surface area (Å²) in [4.78, 5) is 0. The minimum atomic E-state index is 0. The van der Waals surface area contributed by atoms with Crippen molar-refractivity contribution in [1.29, 1.82) is 0 Å². The topological polar surface area (TPSA) is 9.23 Å². The molecule has 2 aliphatic rings. The lowest BCUT2D eigenvalue weighted by Gasteiger charge is -2.37. The maximum Gasteiger partial charge on any atom is 0.119 e. The number of hydrogen-bond acceptors (Lipinski definition) is 1. The summed E-state index contributed by atoms with van der Waals surface area (Å²) in [5, 5.41) is 0. The van der Waals surface area contributed by atoms with E-state index in [-0.39, 0.29) is 2.85 Å². The summed E-state index contributed by atoms with van der Waals surface area (Å²) in [6.45, 7) is 5.46. The van der Waals surface area contributed by atoms with Gasteiger partial charge in [0, 0.05) is 2.85 Å². The van der Waals surface area contributed by atoms with Gasteiger partial charge in [0.25, 0.3) is 0 Å². The fourth-order valence-corrected chi connectivity index (χ4v) is 4.43. The Labute approximate surface area is 139 Å². The highest BCUT2D eigenvalue weighted by molar-refractivity contribution is 5.26. The molecule has 2 fully saturated rings. The molecule has 1 aromatic rings. The van der Waals surface area contributed by atoms with Crippen LogP contribution < -0.4 is 4.74 Å². The molecular weight excluding hydrogens is 268 g/mol. The van der Waals surface area contributed by atoms with Gasteiger partial charge in [0.2, 0.25) is 0 Å². The lowest BCUT2D eigenvalue weighted by molar-refractivity contribution is 0.126. The highest BCUT2D eigenvalue weighted by Gasteiger charge is 2.30. The Morgan fingerprint density at radius 2 is 1.41 bits per heavy atom. The van der Waals surface area contributed by atoms with E-state index in [4.69, 9.17) is 4.74 Å². The van der Waals surface area contributed by atoms with E-state index in [1.807, 2.05) is 0 Å². The minimum Gasteiger partial charge on any atom is -0.493 e. The van der Waals surface area contributed by atoms with E-state index in [2.05, 4.69) is 38.1 Å². The average Bonchev–Trinajstić information content (AvgIpc) is 2.56. The van der Waals surface area contributed by atoms with Crippen molar-refractivity contribution in [3.63, 3.8) is 0 Å². The molecule has 2 saturated carbocycles. The van der Waals surface area contributed by atoms with Crippen molar-refractivity contribution in [2.24, 2.45) is 23.7 Å². The monoisotopic (exact) mass is 304 g/mol. The zero-order valence-corrected chi connectivity index (χ0v) is 14.4. The highest BCUT2D eigenvalue weighted by Crippen LogP contribution is 2.41. The fourth-order valence-electron chi connectivity index (χ4n) is 4.43. The molecule has 2 aliphatic carbocycles. The van der Waals surface area contributed by atoms with Crippen molar-refractivity contribution < 1.29 is 7.59 Å². The first-order valence-corrected chi connectivity index (χ1v) is 9.40. The van der Waals surface area contributed by atoms with Crippen molar-refractivity contribution in [1.82, 2.24) is 0 Å². The molecular formula is C21H36O. The predicted molar refractivity (Wildman–Crippen MR) is 97.5 cm³/mol. The second-order valence-electron chi connectivity index (χ2n) is 7.92. The van der Waals surface area contributed by atoms with Gasteiger partial charge in [-0.1, -0.05) is 37.5 Å². The highest BCUT2D eigenvalue weighted by atomic mass is 16.5. The van der Waals surface area contributed by atoms with Crippen LogP contribution in [-0.2, 0) is 0 Å². The molecule has 22 heavy (non-hydrogen) atoms. The Morgan fingerprint density at radius 3 is 2.00 bits per heavy atom. The molecule has 0 atom stereocenters. The summed E-state index contributed by atoms with van der Waals surface area (Å²) >= 11 is 0. The van der Waals surface area contributed by atoms with Crippen molar-refractivity contribution in [2.75, 3.05) is 6.61 Å². The zero-order valence-electron chi connectivity index (χ0n) is 14.4. The largest absolute Gasteiger partial charge is 0.493 e. The van der Waals surface area contributed by atoms with Crippen LogP contribution in [-0.4, -0.2) is 6.61 Å². The summed E-state index contributed by atoms with van der Waals surface area (Å²) in [5.74, 6) is 4.85. The Bertz CT molecular complexity index is 443. The van der Waals surface area contributed by atoms with Crippen LogP contribution in [0.25, 0.3) is 0 Å². The third kappa shape index (κ3) is 4.27. The van der Waals surface area contributed by atoms with Gasteiger partial charge < -0.3 is 4.74 Å². The first kappa shape index (κ1) is 15.9. The van der Waals surface area contributed by atoms with E-state index in [1.165, 1.54) is 56.9 Å². The summed E-state index contributed by atoms with van der Waals surface area (Å²) < 4.78 is 6.00. The van der Waals surface area contributed by atoms with Gasteiger partial charge in [0.1, 0.15) is 5.75 Å². The molecule has 0 N–H and O–H groups in total. The lowest BCUT2D eigenvalue weighted by atomic mass is 9.69. The maximum atomic E-state index is 6.00. The Kier molecular flexibility index (Phi) is 5.44. The first-order valence-electron chi connectivity index (χ1n) is 9.40. The molecule has 1 nitrogen and oxygen atoms in total. The van der Waals surface area contributed by atoms with Crippen LogP contribution in [0.15, 0.2) is 24.3 Å². The van der Waals surface area contributed by atoms with Crippen LogP contribution in [0.2, 0.25) is 0 Å². The number of rotatable bonds is 4. The van der Waals surface area contributed by atoms with Crippen molar-refractivity contribution in [2.45, 2.75) is 65.2 Å². The molecule has 0 aliphatic heterocycles. The molecule has 0 amide bonds. The van der Waals surface area contributed by atoms with Crippen LogP contribution in [0.5, 0.6) is 5.75 Å². The molecule has 1 aromatic carbocycles. The summed E-state index contributed by atoms with van der Waals surface area (Å²) in [5.41, 5.74) is 1.30. The van der Waals surface area contributed by atoms with Crippen LogP contribution >= 0.6 is 0 Å². The lowest BCUT2D eigenvalue weighted by Crippen LogP contribution is -2.27. The number of hydrogen-bond donors (Lipinski definition) is 0. The van der Waals surface area contributed by atoms with Crippen LogP contribution in [0.4, 0.5) is 0 Å². The van der Waals surface area contributed by atoms with Crippen LogP contribution in [0.3, 0.4) is 0 Å². The summed E-state index contributed by atoms with van der Waals surface area (Å²) in [6, 6.07) is 8.47. The van der Waals surface area contributed by atoms with Crippen molar-refractivity contribution >= 4 is 0 Å². The summed E-state index contributed by atoms with van der Waals surface area (Å²) in [7, 11) is 0. The second kappa shape index (κ2) is 7.53. The number of benzene rings is 1. The van der Waals surface area contributed by atoms with E-state index in [1.54, 1.807) is 0 Å². The molecule has 3 rings (SSSR count). The second-order valence-corrected chi connectivity index (χ2v) is 7.92. The quantitative estimate of drug-likeness (QED) is 0.617. The number of ether oxygens (including phenoxy) is 1. The summed E-state index contributed by atoms with van der Waals surface area (Å²) in [6.07, 6.45) is 11.6. The van der Waals surface area contributed by atoms with Crippen molar-refractivity contribution in [3.05, 3.63) is 29.8 Å². The smallest absolute Gasteiger partial charge is 0.119 e. The van der Waals surface area contributed by atoms with E-state index >= 15 is 0 Å². The molecule has 1 heteroatoms. The molecule has 0 radical (unpaired) electrons. The van der Waals surface area contributed by atoms with Gasteiger partial charge in [-0.2, -0.15) is 0 Å². The van der Waals surface area contributed by atoms with Gasteiger partial charge in [-0.25, -0.2) is 0 Å². The van der Waals surface area contributed by atoms with E-state index in [0.717, 1.165) is 36.0 Å². The van der Waals surface area contributed by atoms with Gasteiger partial charge in [0.05, 0.1) is 6.61 Å². The van der Waals surface area contributed by atoms with Gasteiger partial charge >= 0.3 is 0 Å². The fraction of sp³-hybridized carbons (Fsp3) is 0.714. The molecule has 0 bridgehead atoms. The SMILES string of the molecule is Cc1ccc(OCC2CCC(C3CCC(C)CC3)CC2)cc1.[HH].[HH]. The predicted octanol–water partition coefficient (Wildman–Crippen LogP) is 6.50. The molecule has 0 aromatic heterocycles. The van der Waals surface area contributed by atoms with Gasteiger partial charge in [-0.3, -0.25) is 0 Å². The maximum absolute atomic E-state index is 6.00. The zero-order chi connectivity index (χ0) is 15.4. The standard InChI is InChI=1S/C21H32O.2H2/c1-16-3-9-19(10-4-16)20-11-7-18(8-12-20)15-22-21-13-5-17(2)6-14-21;;/h5-6,13-14,16,18-20H,3-4,7-12,15H2,1-2H3;2*1H. The third-order valence-corrected chi connectivity index (χ3v) is 6.13. The van der Waals surface area contributed by atoms with Gasteiger partial charge in [-0.05, 0) is 81.3 Å². The van der Waals surface area contributed by atoms with Crippen LogP contribution in [0, 0.1) is 30.6 Å². The van der Waals surface area contributed by atoms with Gasteiger partial charge in [0.15, 0.2) is 0 Å². The number of aryl methyl sites for hydroxylation is 1. The molecule has 0 unspecified atom stereocenters. The Morgan fingerprint density at radius 1 is 0.864 bits per heavy atom. The van der Waals surface area contributed by atoms with Crippen LogP contribution in [0.1, 0.15) is 66.7 Å². The normalized spacial score (nSPS) is 32.6. The van der Waals surface area contributed by atoms with E-state index in [9.17, 15) is 0 Å². The van der Waals surface area contributed by atoms with Crippen molar-refractivity contribution in [3.8, 4) is 5.75 Å². The molecule has 0 heterocycles. The van der Waals surface area contributed by atoms with Gasteiger partial charge in [-0.15, -0.1) is 0 Å². The molecule has 0 saturated heterocycles. The van der Waals surface area contributed by atoms with E-state index in [0.29, 0.717) is 0 Å². The third-order valence-electron chi connectivity index (χ3n) is 6.13. The average molecular weight is 305 g/mol. The van der Waals surface area contributed by atoms with E-state index < -0.39 is 0 Å². The minimum absolute atomic E-state index is 0. The first-order chi connectivity index (χ1) is 10.7. The Hall–Kier alpha value is -0.980.